The van der Waals surface area contributed by atoms with Crippen LogP contribution in [0.15, 0.2) is 36.4 Å². The number of rotatable bonds is 5. The van der Waals surface area contributed by atoms with Crippen LogP contribution in [0.3, 0.4) is 0 Å². The molecule has 32 heavy (non-hydrogen) atoms. The first kappa shape index (κ1) is 21.0. The van der Waals surface area contributed by atoms with Crippen LogP contribution in [0.2, 0.25) is 0 Å². The van der Waals surface area contributed by atoms with Gasteiger partial charge in [0.25, 0.3) is 11.8 Å². The van der Waals surface area contributed by atoms with Crippen molar-refractivity contribution in [1.82, 2.24) is 10.2 Å². The van der Waals surface area contributed by atoms with Crippen LogP contribution in [0.1, 0.15) is 63.6 Å². The highest BCUT2D eigenvalue weighted by molar-refractivity contribution is 6.21. The number of carbonyl (C=O) groups is 2. The number of fused-ring (bicyclic) bond motifs is 2. The van der Waals surface area contributed by atoms with Crippen LogP contribution in [0.4, 0.5) is 0 Å². The molecule has 1 N–H and O–H groups in total. The number of hydrogen-bond acceptors (Lipinski definition) is 5. The van der Waals surface area contributed by atoms with E-state index in [1.54, 1.807) is 26.4 Å². The zero-order valence-corrected chi connectivity index (χ0v) is 18.7. The predicted octanol–water partition coefficient (Wildman–Crippen LogP) is 3.99. The maximum absolute atomic E-state index is 12.7. The molecular formula is C26H30N2O4. The van der Waals surface area contributed by atoms with Crippen molar-refractivity contribution in [3.05, 3.63) is 58.7 Å². The SMILES string of the molecule is COc1cc2c(cc1OC)C(C1CCC(CN3C(=O)c4ccccc4C3=O)CC1)NCC2. The Balaban J connectivity index is 1.26. The van der Waals surface area contributed by atoms with Gasteiger partial charge in [0.15, 0.2) is 11.5 Å². The molecule has 0 aromatic heterocycles. The number of carbonyl (C=O) groups excluding carboxylic acids is 2. The Morgan fingerprint density at radius 2 is 1.56 bits per heavy atom. The smallest absolute Gasteiger partial charge is 0.261 e. The number of amides is 2. The summed E-state index contributed by atoms with van der Waals surface area (Å²) in [5, 5.41) is 3.73. The third-order valence-electron chi connectivity index (χ3n) is 7.42. The van der Waals surface area contributed by atoms with Crippen molar-refractivity contribution in [1.29, 1.82) is 0 Å². The van der Waals surface area contributed by atoms with E-state index in [-0.39, 0.29) is 11.8 Å². The lowest BCUT2D eigenvalue weighted by Crippen LogP contribution is -2.39. The second-order valence-electron chi connectivity index (χ2n) is 9.14. The van der Waals surface area contributed by atoms with Gasteiger partial charge in [-0.05, 0) is 85.9 Å². The first-order valence-corrected chi connectivity index (χ1v) is 11.5. The number of imide groups is 1. The summed E-state index contributed by atoms with van der Waals surface area (Å²) in [6.07, 6.45) is 5.21. The number of hydrogen-bond donors (Lipinski definition) is 1. The minimum atomic E-state index is -0.142. The van der Waals surface area contributed by atoms with Gasteiger partial charge in [-0.15, -0.1) is 0 Å². The largest absolute Gasteiger partial charge is 0.493 e. The van der Waals surface area contributed by atoms with Gasteiger partial charge in [-0.25, -0.2) is 0 Å². The molecule has 2 aromatic rings. The Morgan fingerprint density at radius 1 is 0.938 bits per heavy atom. The summed E-state index contributed by atoms with van der Waals surface area (Å²) in [4.78, 5) is 26.9. The Kier molecular flexibility index (Phi) is 5.64. The fourth-order valence-electron chi connectivity index (χ4n) is 5.70. The van der Waals surface area contributed by atoms with Crippen molar-refractivity contribution < 1.29 is 19.1 Å². The molecule has 1 atom stereocenters. The van der Waals surface area contributed by atoms with E-state index in [9.17, 15) is 9.59 Å². The average molecular weight is 435 g/mol. The molecule has 0 spiro atoms. The van der Waals surface area contributed by atoms with Gasteiger partial charge < -0.3 is 14.8 Å². The molecular weight excluding hydrogens is 404 g/mol. The fraction of sp³-hybridized carbons (Fsp3) is 0.462. The topological polar surface area (TPSA) is 67.9 Å². The Hall–Kier alpha value is -2.86. The number of benzene rings is 2. The van der Waals surface area contributed by atoms with E-state index in [1.807, 2.05) is 12.1 Å². The maximum Gasteiger partial charge on any atom is 0.261 e. The van der Waals surface area contributed by atoms with E-state index in [0.29, 0.717) is 35.5 Å². The van der Waals surface area contributed by atoms with Crippen LogP contribution in [-0.4, -0.2) is 44.0 Å². The van der Waals surface area contributed by atoms with E-state index < -0.39 is 0 Å². The van der Waals surface area contributed by atoms with Crippen molar-refractivity contribution in [3.63, 3.8) is 0 Å². The molecule has 1 aliphatic carbocycles. The number of methoxy groups -OCH3 is 2. The van der Waals surface area contributed by atoms with E-state index in [1.165, 1.54) is 16.0 Å². The van der Waals surface area contributed by atoms with E-state index in [2.05, 4.69) is 17.4 Å². The molecule has 2 aromatic carbocycles. The van der Waals surface area contributed by atoms with Crippen LogP contribution in [0.25, 0.3) is 0 Å². The molecule has 5 rings (SSSR count). The van der Waals surface area contributed by atoms with Crippen LogP contribution in [-0.2, 0) is 6.42 Å². The highest BCUT2D eigenvalue weighted by Gasteiger charge is 2.38. The van der Waals surface area contributed by atoms with E-state index >= 15 is 0 Å². The molecule has 1 saturated carbocycles. The zero-order valence-electron chi connectivity index (χ0n) is 18.7. The molecule has 1 fully saturated rings. The molecule has 6 heteroatoms. The van der Waals surface area contributed by atoms with Crippen LogP contribution >= 0.6 is 0 Å². The molecule has 1 unspecified atom stereocenters. The molecule has 0 radical (unpaired) electrons. The fourth-order valence-corrected chi connectivity index (χ4v) is 5.70. The van der Waals surface area contributed by atoms with Crippen molar-refractivity contribution in [2.75, 3.05) is 27.3 Å². The molecule has 0 saturated heterocycles. The molecule has 168 valence electrons. The Labute approximate surface area is 188 Å². The third kappa shape index (κ3) is 3.56. The van der Waals surface area contributed by atoms with Gasteiger partial charge in [0.1, 0.15) is 0 Å². The summed E-state index contributed by atoms with van der Waals surface area (Å²) in [6.45, 7) is 1.49. The molecule has 2 amide bonds. The monoisotopic (exact) mass is 434 g/mol. The van der Waals surface area contributed by atoms with Crippen molar-refractivity contribution >= 4 is 11.8 Å². The minimum Gasteiger partial charge on any atom is -0.493 e. The van der Waals surface area contributed by atoms with Gasteiger partial charge in [0.2, 0.25) is 0 Å². The summed E-state index contributed by atoms with van der Waals surface area (Å²) in [7, 11) is 3.36. The first-order chi connectivity index (χ1) is 15.6. The molecule has 2 heterocycles. The highest BCUT2D eigenvalue weighted by Crippen LogP contribution is 2.43. The third-order valence-corrected chi connectivity index (χ3v) is 7.42. The summed E-state index contributed by atoms with van der Waals surface area (Å²) in [5.74, 6) is 2.18. The van der Waals surface area contributed by atoms with Gasteiger partial charge in [-0.3, -0.25) is 14.5 Å². The standard InChI is InChI=1S/C26H30N2O4/c1-31-22-13-18-11-12-27-24(21(18)14-23(22)32-2)17-9-7-16(8-10-17)15-28-25(29)19-5-3-4-6-20(19)26(28)30/h3-6,13-14,16-17,24,27H,7-12,15H2,1-2H3. The number of nitrogens with zero attached hydrogens (tertiary/aromatic N) is 1. The predicted molar refractivity (Wildman–Crippen MR) is 121 cm³/mol. The zero-order chi connectivity index (χ0) is 22.2. The summed E-state index contributed by atoms with van der Waals surface area (Å²) >= 11 is 0. The van der Waals surface area contributed by atoms with E-state index in [4.69, 9.17) is 9.47 Å². The highest BCUT2D eigenvalue weighted by atomic mass is 16.5. The number of nitrogens with one attached hydrogen (secondary N) is 1. The minimum absolute atomic E-state index is 0.142. The average Bonchev–Trinajstić information content (AvgIpc) is 3.08. The normalized spacial score (nSPS) is 24.8. The maximum atomic E-state index is 12.7. The van der Waals surface area contributed by atoms with Crippen LogP contribution in [0.5, 0.6) is 11.5 Å². The summed E-state index contributed by atoms with van der Waals surface area (Å²) < 4.78 is 11.1. The lowest BCUT2D eigenvalue weighted by Gasteiger charge is -2.38. The van der Waals surface area contributed by atoms with Crippen molar-refractivity contribution in [2.24, 2.45) is 11.8 Å². The second kappa shape index (κ2) is 8.58. The van der Waals surface area contributed by atoms with Gasteiger partial charge in [0.05, 0.1) is 25.3 Å². The van der Waals surface area contributed by atoms with Crippen molar-refractivity contribution in [2.45, 2.75) is 38.1 Å². The first-order valence-electron chi connectivity index (χ1n) is 11.5. The Bertz CT molecular complexity index is 1010. The van der Waals surface area contributed by atoms with E-state index in [0.717, 1.165) is 50.1 Å². The van der Waals surface area contributed by atoms with Gasteiger partial charge in [0, 0.05) is 12.6 Å². The lowest BCUT2D eigenvalue weighted by atomic mass is 9.74. The summed E-state index contributed by atoms with van der Waals surface area (Å²) in [6, 6.07) is 11.7. The van der Waals surface area contributed by atoms with Crippen LogP contribution < -0.4 is 14.8 Å². The molecule has 3 aliphatic rings. The number of ether oxygens (including phenoxy) is 2. The molecule has 6 nitrogen and oxygen atoms in total. The quantitative estimate of drug-likeness (QED) is 0.721. The van der Waals surface area contributed by atoms with Gasteiger partial charge >= 0.3 is 0 Å². The molecule has 0 bridgehead atoms. The Morgan fingerprint density at radius 3 is 2.19 bits per heavy atom. The van der Waals surface area contributed by atoms with Crippen LogP contribution in [0, 0.1) is 11.8 Å². The lowest BCUT2D eigenvalue weighted by molar-refractivity contribution is 0.0605. The second-order valence-corrected chi connectivity index (χ2v) is 9.14. The molecule has 2 aliphatic heterocycles. The summed E-state index contributed by atoms with van der Waals surface area (Å²) in [5.41, 5.74) is 3.73. The van der Waals surface area contributed by atoms with Crippen molar-refractivity contribution in [3.8, 4) is 11.5 Å². The van der Waals surface area contributed by atoms with Gasteiger partial charge in [-0.1, -0.05) is 12.1 Å². The van der Waals surface area contributed by atoms with Gasteiger partial charge in [-0.2, -0.15) is 0 Å².